The van der Waals surface area contributed by atoms with Crippen LogP contribution in [0.15, 0.2) is 43.5 Å². The van der Waals surface area contributed by atoms with Crippen LogP contribution in [0, 0.1) is 18.2 Å². The number of rotatable bonds is 14. The van der Waals surface area contributed by atoms with E-state index in [4.69, 9.17) is 20.1 Å². The Labute approximate surface area is 207 Å². The molecule has 0 aliphatic carbocycles. The third-order valence-corrected chi connectivity index (χ3v) is 6.51. The summed E-state index contributed by atoms with van der Waals surface area (Å²) in [5.74, 6) is -1.75. The van der Waals surface area contributed by atoms with E-state index in [1.165, 1.54) is 40.7 Å². The Morgan fingerprint density at radius 2 is 1.67 bits per heavy atom. The molecule has 3 rings (SSSR count). The van der Waals surface area contributed by atoms with Crippen LogP contribution < -0.4 is 0 Å². The fourth-order valence-corrected chi connectivity index (χ4v) is 4.70. The largest absolute Gasteiger partial charge is 0.476 e. The van der Waals surface area contributed by atoms with Crippen molar-refractivity contribution in [3.05, 3.63) is 72.1 Å². The molecule has 36 heavy (non-hydrogen) atoms. The Bertz CT molecular complexity index is 1160. The number of phosphoric acid groups is 1. The lowest BCUT2D eigenvalue weighted by Crippen LogP contribution is -2.41. The summed E-state index contributed by atoms with van der Waals surface area (Å²) in [6.45, 7) is 6.64. The second-order valence-electron chi connectivity index (χ2n) is 8.91. The first-order valence-corrected chi connectivity index (χ1v) is 12.3. The Morgan fingerprint density at radius 3 is 2.17 bits per heavy atom. The van der Waals surface area contributed by atoms with Crippen LogP contribution in [0.3, 0.4) is 0 Å². The van der Waals surface area contributed by atoms with E-state index in [1.807, 2.05) is 21.1 Å². The maximum absolute atomic E-state index is 15.3. The maximum Gasteiger partial charge on any atom is 0.476 e. The number of aromatic nitrogens is 6. The predicted molar refractivity (Wildman–Crippen MR) is 123 cm³/mol. The Balaban J connectivity index is 2.09. The van der Waals surface area contributed by atoms with Crippen molar-refractivity contribution >= 4 is 7.82 Å². The van der Waals surface area contributed by atoms with Crippen molar-refractivity contribution in [2.45, 2.75) is 18.7 Å². The molecule has 2 heterocycles. The lowest BCUT2D eigenvalue weighted by Gasteiger charge is -2.36. The van der Waals surface area contributed by atoms with E-state index in [-0.39, 0.29) is 38.4 Å². The summed E-state index contributed by atoms with van der Waals surface area (Å²) in [6, 6.07) is 2.94. The maximum atomic E-state index is 15.3. The molecule has 194 valence electrons. The lowest BCUT2D eigenvalue weighted by molar-refractivity contribution is -0.870. The topological polar surface area (TPSA) is 111 Å². The molecule has 2 aromatic heterocycles. The van der Waals surface area contributed by atoms with Crippen LogP contribution in [-0.2, 0) is 36.8 Å². The van der Waals surface area contributed by atoms with E-state index in [2.05, 4.69) is 25.0 Å². The lowest BCUT2D eigenvalue weighted by atomic mass is 9.93. The first-order valence-electron chi connectivity index (χ1n) is 10.9. The quantitative estimate of drug-likeness (QED) is 0.137. The van der Waals surface area contributed by atoms with Crippen LogP contribution in [-0.4, -0.2) is 81.5 Å². The fourth-order valence-electron chi connectivity index (χ4n) is 3.27. The van der Waals surface area contributed by atoms with Gasteiger partial charge in [-0.3, -0.25) is 13.6 Å². The van der Waals surface area contributed by atoms with E-state index in [1.54, 1.807) is 0 Å². The van der Waals surface area contributed by atoms with Crippen molar-refractivity contribution in [3.8, 4) is 0 Å². The number of halogens is 2. The highest BCUT2D eigenvalue weighted by Crippen LogP contribution is 2.56. The van der Waals surface area contributed by atoms with Crippen molar-refractivity contribution in [3.63, 3.8) is 0 Å². The third kappa shape index (κ3) is 7.71. The van der Waals surface area contributed by atoms with Crippen LogP contribution in [0.5, 0.6) is 0 Å². The highest BCUT2D eigenvalue weighted by molar-refractivity contribution is 7.48. The van der Waals surface area contributed by atoms with Gasteiger partial charge in [-0.2, -0.15) is 10.2 Å². The summed E-state index contributed by atoms with van der Waals surface area (Å²) in [4.78, 5) is 11.0. The van der Waals surface area contributed by atoms with Crippen LogP contribution >= 0.6 is 7.82 Å². The molecule has 0 bridgehead atoms. The molecule has 0 aliphatic rings. The minimum atomic E-state index is -4.43. The number of phosphoric ester groups is 1. The van der Waals surface area contributed by atoms with Gasteiger partial charge in [-0.15, -0.1) is 0 Å². The molecule has 0 aliphatic heterocycles. The van der Waals surface area contributed by atoms with E-state index in [0.29, 0.717) is 17.1 Å². The Hall–Kier alpha value is -3.08. The highest BCUT2D eigenvalue weighted by Gasteiger charge is 2.46. The van der Waals surface area contributed by atoms with Gasteiger partial charge in [0.1, 0.15) is 62.3 Å². The van der Waals surface area contributed by atoms with Crippen molar-refractivity contribution in [2.75, 3.05) is 47.4 Å². The molecule has 0 fully saturated rings. The second-order valence-corrected chi connectivity index (χ2v) is 10.5. The smallest absolute Gasteiger partial charge is 0.329 e. The van der Waals surface area contributed by atoms with Crippen LogP contribution in [0.25, 0.3) is 4.85 Å². The third-order valence-electron chi connectivity index (χ3n) is 4.94. The van der Waals surface area contributed by atoms with Crippen molar-refractivity contribution < 1.29 is 31.4 Å². The fraction of sp³-hybridized carbons (Fsp3) is 0.476. The predicted octanol–water partition coefficient (Wildman–Crippen LogP) is 2.53. The molecular weight excluding hydrogens is 497 g/mol. The van der Waals surface area contributed by atoms with Gasteiger partial charge in [-0.25, -0.2) is 39.2 Å². The van der Waals surface area contributed by atoms with Gasteiger partial charge >= 0.3 is 7.82 Å². The number of hydrogen-bond donors (Lipinski definition) is 0. The summed E-state index contributed by atoms with van der Waals surface area (Å²) in [5.41, 5.74) is -1.97. The molecular formula is C21H28F2N8O4P+. The molecule has 1 atom stereocenters. The molecule has 3 aromatic rings. The van der Waals surface area contributed by atoms with E-state index in [9.17, 15) is 8.96 Å². The number of likely N-dealkylation sites (N-methyl/N-ethyl adjacent to an activating group) is 1. The van der Waals surface area contributed by atoms with Crippen molar-refractivity contribution in [1.82, 2.24) is 29.5 Å². The van der Waals surface area contributed by atoms with E-state index in [0.717, 1.165) is 6.07 Å². The Kier molecular flexibility index (Phi) is 8.99. The number of quaternary nitrogens is 1. The summed E-state index contributed by atoms with van der Waals surface area (Å²) in [7, 11) is 1.33. The van der Waals surface area contributed by atoms with Gasteiger partial charge in [0, 0.05) is 11.6 Å². The average Bonchev–Trinajstić information content (AvgIpc) is 3.47. The van der Waals surface area contributed by atoms with Crippen LogP contribution in [0.1, 0.15) is 5.56 Å². The summed E-state index contributed by atoms with van der Waals surface area (Å²) < 4.78 is 63.4. The normalized spacial score (nSPS) is 13.9. The molecule has 0 saturated heterocycles. The first kappa shape index (κ1) is 27.5. The molecule has 12 nitrogen and oxygen atoms in total. The van der Waals surface area contributed by atoms with Gasteiger partial charge in [0.05, 0.1) is 34.2 Å². The zero-order chi connectivity index (χ0) is 26.2. The SMILES string of the molecule is [C-]#[N+]CCOP(=O)(OCC[N+](C)(C)C)OC(Cn1cncn1)(Cn1cncn1)c1ccc(F)cc1F. The van der Waals surface area contributed by atoms with Crippen molar-refractivity contribution in [1.29, 1.82) is 0 Å². The van der Waals surface area contributed by atoms with E-state index < -0.39 is 25.1 Å². The number of hydrogen-bond acceptors (Lipinski definition) is 8. The molecule has 0 saturated carbocycles. The summed E-state index contributed by atoms with van der Waals surface area (Å²) >= 11 is 0. The minimum Gasteiger partial charge on any atom is -0.329 e. The first-order chi connectivity index (χ1) is 17.0. The van der Waals surface area contributed by atoms with Gasteiger partial charge in [-0.1, -0.05) is 6.07 Å². The standard InChI is InChI=1S/C21H28F2N8O4P/c1-24-7-9-33-36(32,34-10-8-31(2,3)4)35-21(12-29-16-25-14-27-29,13-30-17-26-15-28-30)19-6-5-18(22)11-20(19)23/h5-6,11,14-17H,7-10,12-13H2,2-4H3/q+1. The molecule has 1 aromatic carbocycles. The molecule has 0 radical (unpaired) electrons. The van der Waals surface area contributed by atoms with Gasteiger partial charge in [-0.05, 0) is 6.07 Å². The highest BCUT2D eigenvalue weighted by atomic mass is 31.2. The van der Waals surface area contributed by atoms with Gasteiger partial charge in [0.25, 0.3) is 0 Å². The van der Waals surface area contributed by atoms with Gasteiger partial charge in [0.2, 0.25) is 6.54 Å². The Morgan fingerprint density at radius 1 is 1.06 bits per heavy atom. The van der Waals surface area contributed by atoms with Crippen LogP contribution in [0.2, 0.25) is 0 Å². The monoisotopic (exact) mass is 525 g/mol. The zero-order valence-electron chi connectivity index (χ0n) is 20.2. The van der Waals surface area contributed by atoms with Crippen molar-refractivity contribution in [2.24, 2.45) is 0 Å². The molecule has 0 spiro atoms. The van der Waals surface area contributed by atoms with Crippen LogP contribution in [0.4, 0.5) is 8.78 Å². The average molecular weight is 525 g/mol. The number of benzene rings is 1. The molecule has 15 heteroatoms. The summed E-state index contributed by atoms with van der Waals surface area (Å²) in [6.07, 6.45) is 5.27. The molecule has 1 unspecified atom stereocenters. The number of nitrogens with zero attached hydrogens (tertiary/aromatic N) is 8. The van der Waals surface area contributed by atoms with E-state index >= 15 is 4.39 Å². The zero-order valence-corrected chi connectivity index (χ0v) is 21.1. The second kappa shape index (κ2) is 11.8. The summed E-state index contributed by atoms with van der Waals surface area (Å²) in [5, 5.41) is 8.15. The van der Waals surface area contributed by atoms with Gasteiger partial charge in [0.15, 0.2) is 0 Å². The minimum absolute atomic E-state index is 0.0204. The molecule has 0 N–H and O–H groups in total. The van der Waals surface area contributed by atoms with Gasteiger partial charge < -0.3 is 9.33 Å². The molecule has 0 amide bonds.